The van der Waals surface area contributed by atoms with Gasteiger partial charge in [0, 0.05) is 11.6 Å². The molecule has 0 unspecified atom stereocenters. The predicted octanol–water partition coefficient (Wildman–Crippen LogP) is 3.82. The van der Waals surface area contributed by atoms with Crippen LogP contribution in [0.3, 0.4) is 0 Å². The second-order valence-electron chi connectivity index (χ2n) is 4.15. The Morgan fingerprint density at radius 1 is 1.05 bits per heavy atom. The second kappa shape index (κ2) is 6.69. The molecule has 0 heterocycles. The van der Waals surface area contributed by atoms with Gasteiger partial charge >= 0.3 is 5.69 Å². The van der Waals surface area contributed by atoms with E-state index in [1.54, 1.807) is 48.5 Å². The zero-order valence-electron chi connectivity index (χ0n) is 11.3. The minimum absolute atomic E-state index is 0.0846. The maximum atomic E-state index is 11.0. The van der Waals surface area contributed by atoms with E-state index >= 15 is 0 Å². The molecule has 0 N–H and O–H groups in total. The molecule has 0 aromatic heterocycles. The summed E-state index contributed by atoms with van der Waals surface area (Å²) in [5.74, 6) is 0.406. The van der Waals surface area contributed by atoms with Crippen LogP contribution in [0.25, 0.3) is 6.08 Å². The van der Waals surface area contributed by atoms with Crippen LogP contribution in [0.4, 0.5) is 5.69 Å². The van der Waals surface area contributed by atoms with Crippen LogP contribution in [0, 0.1) is 32.8 Å². The number of hydrogen-bond acceptors (Lipinski definition) is 5. The quantitative estimate of drug-likeness (QED) is 0.484. The van der Waals surface area contributed by atoms with Crippen molar-refractivity contribution in [3.63, 3.8) is 0 Å². The lowest BCUT2D eigenvalue weighted by atomic mass is 10.1. The van der Waals surface area contributed by atoms with Gasteiger partial charge in [0.1, 0.15) is 23.5 Å². The summed E-state index contributed by atoms with van der Waals surface area (Å²) in [6, 6.07) is 16.2. The highest BCUT2D eigenvalue weighted by molar-refractivity contribution is 5.67. The van der Waals surface area contributed by atoms with Crippen molar-refractivity contribution in [3.8, 4) is 23.6 Å². The molecule has 0 bridgehead atoms. The van der Waals surface area contributed by atoms with Crippen LogP contribution < -0.4 is 4.74 Å². The van der Waals surface area contributed by atoms with Crippen molar-refractivity contribution in [1.82, 2.24) is 0 Å². The number of hydrogen-bond donors (Lipinski definition) is 0. The number of benzene rings is 2. The summed E-state index contributed by atoms with van der Waals surface area (Å²) in [6.07, 6.45) is 1.37. The number of ether oxygens (including phenoxy) is 1. The Balaban J connectivity index is 2.45. The highest BCUT2D eigenvalue weighted by Crippen LogP contribution is 2.33. The van der Waals surface area contributed by atoms with Crippen LogP contribution in [0.1, 0.15) is 5.56 Å². The molecule has 0 aliphatic carbocycles. The van der Waals surface area contributed by atoms with Crippen LogP contribution in [-0.2, 0) is 0 Å². The molecule has 2 aromatic carbocycles. The van der Waals surface area contributed by atoms with E-state index in [1.807, 2.05) is 0 Å². The molecule has 6 nitrogen and oxygen atoms in total. The normalized spacial score (nSPS) is 9.18. The largest absolute Gasteiger partial charge is 0.449 e. The summed E-state index contributed by atoms with van der Waals surface area (Å²) in [6.45, 7) is 0. The molecule has 0 fully saturated rings. The van der Waals surface area contributed by atoms with E-state index in [0.717, 1.165) is 0 Å². The van der Waals surface area contributed by atoms with Crippen molar-refractivity contribution >= 4 is 11.8 Å². The van der Waals surface area contributed by atoms with E-state index < -0.39 is 4.92 Å². The minimum atomic E-state index is -0.538. The van der Waals surface area contributed by atoms with Gasteiger partial charge in [-0.05, 0) is 18.2 Å². The fourth-order valence-electron chi connectivity index (χ4n) is 1.75. The molecule has 0 spiro atoms. The third kappa shape index (κ3) is 3.27. The third-order valence-electron chi connectivity index (χ3n) is 2.74. The fraction of sp³-hybridized carbons (Fsp3) is 0. The average Bonchev–Trinajstić information content (AvgIpc) is 2.54. The summed E-state index contributed by atoms with van der Waals surface area (Å²) >= 11 is 0. The van der Waals surface area contributed by atoms with Crippen molar-refractivity contribution in [2.75, 3.05) is 0 Å². The molecule has 2 aromatic rings. The van der Waals surface area contributed by atoms with Crippen LogP contribution >= 0.6 is 0 Å². The van der Waals surface area contributed by atoms with Gasteiger partial charge in [0.2, 0.25) is 5.75 Å². The van der Waals surface area contributed by atoms with Gasteiger partial charge in [-0.25, -0.2) is 0 Å². The molecule has 0 radical (unpaired) electrons. The van der Waals surface area contributed by atoms with E-state index in [-0.39, 0.29) is 17.0 Å². The van der Waals surface area contributed by atoms with Crippen molar-refractivity contribution < 1.29 is 9.66 Å². The molecule has 0 saturated heterocycles. The number of nitro groups is 1. The average molecular weight is 291 g/mol. The zero-order chi connectivity index (χ0) is 15.9. The van der Waals surface area contributed by atoms with E-state index in [4.69, 9.17) is 15.3 Å². The topological polar surface area (TPSA) is 100.0 Å². The van der Waals surface area contributed by atoms with Gasteiger partial charge in [0.05, 0.1) is 4.92 Å². The van der Waals surface area contributed by atoms with Crippen LogP contribution in [0.15, 0.2) is 54.1 Å². The Labute approximate surface area is 126 Å². The lowest BCUT2D eigenvalue weighted by Gasteiger charge is -2.08. The Hall–Kier alpha value is -3.64. The van der Waals surface area contributed by atoms with Gasteiger partial charge in [0.15, 0.2) is 0 Å². The predicted molar refractivity (Wildman–Crippen MR) is 78.8 cm³/mol. The molecule has 106 valence electrons. The van der Waals surface area contributed by atoms with Gasteiger partial charge in [0.25, 0.3) is 0 Å². The number of rotatable bonds is 4. The molecular formula is C16H9N3O3. The first-order valence-corrected chi connectivity index (χ1v) is 6.18. The van der Waals surface area contributed by atoms with Gasteiger partial charge < -0.3 is 4.74 Å². The number of allylic oxidation sites excluding steroid dienone is 1. The SMILES string of the molecule is N#CC(C#N)=Cc1ccccc1Oc1ccccc1[N+](=O)[O-]. The number of nitro benzene ring substituents is 1. The van der Waals surface area contributed by atoms with E-state index in [9.17, 15) is 10.1 Å². The first-order valence-electron chi connectivity index (χ1n) is 6.18. The fourth-order valence-corrected chi connectivity index (χ4v) is 1.75. The molecule has 0 saturated carbocycles. The molecule has 0 amide bonds. The Kier molecular flexibility index (Phi) is 4.49. The Morgan fingerprint density at radius 3 is 2.27 bits per heavy atom. The molecule has 6 heteroatoms. The maximum absolute atomic E-state index is 11.0. The van der Waals surface area contributed by atoms with Crippen LogP contribution in [0.5, 0.6) is 11.5 Å². The lowest BCUT2D eigenvalue weighted by Crippen LogP contribution is -1.94. The number of nitrogens with zero attached hydrogens (tertiary/aromatic N) is 3. The Bertz CT molecular complexity index is 813. The maximum Gasteiger partial charge on any atom is 0.311 e. The van der Waals surface area contributed by atoms with Gasteiger partial charge in [-0.15, -0.1) is 0 Å². The summed E-state index contributed by atoms with van der Waals surface area (Å²) in [5.41, 5.74) is 0.236. The molecule has 0 aliphatic heterocycles. The first kappa shape index (κ1) is 14.8. The highest BCUT2D eigenvalue weighted by atomic mass is 16.6. The summed E-state index contributed by atoms with van der Waals surface area (Å²) in [4.78, 5) is 10.5. The minimum Gasteiger partial charge on any atom is -0.449 e. The van der Waals surface area contributed by atoms with Crippen molar-refractivity contribution in [3.05, 3.63) is 69.8 Å². The Morgan fingerprint density at radius 2 is 1.64 bits per heavy atom. The van der Waals surface area contributed by atoms with E-state index in [1.165, 1.54) is 18.2 Å². The summed E-state index contributed by atoms with van der Waals surface area (Å²) in [7, 11) is 0. The molecular weight excluding hydrogens is 282 g/mol. The summed E-state index contributed by atoms with van der Waals surface area (Å²) < 4.78 is 5.59. The van der Waals surface area contributed by atoms with Crippen molar-refractivity contribution in [2.24, 2.45) is 0 Å². The molecule has 22 heavy (non-hydrogen) atoms. The second-order valence-corrected chi connectivity index (χ2v) is 4.15. The van der Waals surface area contributed by atoms with Gasteiger partial charge in [-0.3, -0.25) is 10.1 Å². The smallest absolute Gasteiger partial charge is 0.311 e. The number of nitriles is 2. The molecule has 0 atom stereocenters. The highest BCUT2D eigenvalue weighted by Gasteiger charge is 2.15. The summed E-state index contributed by atoms with van der Waals surface area (Å²) in [5, 5.41) is 28.6. The van der Waals surface area contributed by atoms with Gasteiger partial charge in [-0.2, -0.15) is 10.5 Å². The number of para-hydroxylation sites is 3. The van der Waals surface area contributed by atoms with Crippen LogP contribution in [0.2, 0.25) is 0 Å². The first-order chi connectivity index (χ1) is 10.7. The van der Waals surface area contributed by atoms with Crippen molar-refractivity contribution in [1.29, 1.82) is 10.5 Å². The van der Waals surface area contributed by atoms with Crippen molar-refractivity contribution in [2.45, 2.75) is 0 Å². The lowest BCUT2D eigenvalue weighted by molar-refractivity contribution is -0.385. The van der Waals surface area contributed by atoms with E-state index in [2.05, 4.69) is 0 Å². The van der Waals surface area contributed by atoms with Gasteiger partial charge in [-0.1, -0.05) is 30.3 Å². The molecule has 2 rings (SSSR count). The third-order valence-corrected chi connectivity index (χ3v) is 2.74. The van der Waals surface area contributed by atoms with E-state index in [0.29, 0.717) is 11.3 Å². The molecule has 0 aliphatic rings. The standard InChI is InChI=1S/C16H9N3O3/c17-10-12(11-18)9-13-5-1-3-7-15(13)22-16-8-4-2-6-14(16)19(20)21/h1-9H. The monoisotopic (exact) mass is 291 g/mol. The zero-order valence-corrected chi connectivity index (χ0v) is 11.3. The van der Waals surface area contributed by atoms with Crippen LogP contribution in [-0.4, -0.2) is 4.92 Å².